The second-order valence-electron chi connectivity index (χ2n) is 4.67. The first-order valence-electron chi connectivity index (χ1n) is 6.63. The lowest BCUT2D eigenvalue weighted by Crippen LogP contribution is -2.35. The van der Waals surface area contributed by atoms with E-state index in [4.69, 9.17) is 0 Å². The summed E-state index contributed by atoms with van der Waals surface area (Å²) in [5.41, 5.74) is 1.01. The van der Waals surface area contributed by atoms with Gasteiger partial charge in [0.2, 0.25) is 5.16 Å². The number of thioether (sulfide) groups is 1. The van der Waals surface area contributed by atoms with E-state index in [1.54, 1.807) is 16.4 Å². The predicted molar refractivity (Wildman–Crippen MR) is 75.5 cm³/mol. The van der Waals surface area contributed by atoms with Gasteiger partial charge in [0.25, 0.3) is 0 Å². The molecule has 6 heteroatoms. The summed E-state index contributed by atoms with van der Waals surface area (Å²) in [6.07, 6.45) is 3.87. The molecule has 19 heavy (non-hydrogen) atoms. The van der Waals surface area contributed by atoms with Crippen LogP contribution in [0.5, 0.6) is 0 Å². The van der Waals surface area contributed by atoms with E-state index in [0.717, 1.165) is 23.1 Å². The van der Waals surface area contributed by atoms with Crippen molar-refractivity contribution in [2.24, 2.45) is 0 Å². The normalized spacial score (nSPS) is 19.5. The van der Waals surface area contributed by atoms with Crippen molar-refractivity contribution in [2.45, 2.75) is 30.5 Å². The van der Waals surface area contributed by atoms with Gasteiger partial charge in [-0.1, -0.05) is 36.4 Å². The number of nitrogens with zero attached hydrogens (tertiary/aromatic N) is 4. The standard InChI is InChI=1S/C13H17N5S/c1-2-7-12(8-3-1)18-13(15-16-17-18)19-10-11-6-4-5-9-14-11/h1-3,7-8,11,14H,4-6,9-10H2/t11-/m0/s1. The highest BCUT2D eigenvalue weighted by atomic mass is 32.2. The van der Waals surface area contributed by atoms with E-state index in [1.807, 2.05) is 30.3 Å². The summed E-state index contributed by atoms with van der Waals surface area (Å²) >= 11 is 1.72. The third-order valence-electron chi connectivity index (χ3n) is 3.27. The number of hydrogen-bond donors (Lipinski definition) is 1. The highest BCUT2D eigenvalue weighted by Gasteiger charge is 2.15. The molecule has 100 valence electrons. The van der Waals surface area contributed by atoms with Crippen LogP contribution >= 0.6 is 11.8 Å². The molecule has 0 unspecified atom stereocenters. The number of benzene rings is 1. The second kappa shape index (κ2) is 6.16. The van der Waals surface area contributed by atoms with Gasteiger partial charge in [-0.2, -0.15) is 4.68 Å². The fourth-order valence-corrected chi connectivity index (χ4v) is 3.23. The number of tetrazole rings is 1. The van der Waals surface area contributed by atoms with Gasteiger partial charge in [-0.25, -0.2) is 0 Å². The topological polar surface area (TPSA) is 55.6 Å². The third-order valence-corrected chi connectivity index (χ3v) is 4.35. The summed E-state index contributed by atoms with van der Waals surface area (Å²) in [4.78, 5) is 0. The van der Waals surface area contributed by atoms with Crippen LogP contribution in [-0.4, -0.2) is 38.5 Å². The zero-order valence-corrected chi connectivity index (χ0v) is 11.5. The Morgan fingerprint density at radius 1 is 1.26 bits per heavy atom. The molecule has 0 aliphatic carbocycles. The van der Waals surface area contributed by atoms with Crippen LogP contribution in [-0.2, 0) is 0 Å². The minimum absolute atomic E-state index is 0.583. The number of hydrogen-bond acceptors (Lipinski definition) is 5. The van der Waals surface area contributed by atoms with Gasteiger partial charge in [0.15, 0.2) is 0 Å². The van der Waals surface area contributed by atoms with Crippen molar-refractivity contribution in [1.29, 1.82) is 0 Å². The number of para-hydroxylation sites is 1. The molecule has 0 saturated carbocycles. The van der Waals surface area contributed by atoms with Crippen molar-refractivity contribution >= 4 is 11.8 Å². The van der Waals surface area contributed by atoms with Crippen LogP contribution in [0.1, 0.15) is 19.3 Å². The molecule has 1 aliphatic heterocycles. The molecule has 1 saturated heterocycles. The number of rotatable bonds is 4. The molecule has 0 radical (unpaired) electrons. The maximum Gasteiger partial charge on any atom is 0.214 e. The fraction of sp³-hybridized carbons (Fsp3) is 0.462. The molecule has 1 atom stereocenters. The van der Waals surface area contributed by atoms with Gasteiger partial charge in [-0.3, -0.25) is 0 Å². The van der Waals surface area contributed by atoms with E-state index in [-0.39, 0.29) is 0 Å². The molecule has 5 nitrogen and oxygen atoms in total. The van der Waals surface area contributed by atoms with Crippen molar-refractivity contribution < 1.29 is 0 Å². The first kappa shape index (κ1) is 12.6. The summed E-state index contributed by atoms with van der Waals surface area (Å²) in [7, 11) is 0. The Bertz CT molecular complexity index is 507. The Balaban J connectivity index is 1.67. The van der Waals surface area contributed by atoms with Crippen molar-refractivity contribution in [3.63, 3.8) is 0 Å². The zero-order chi connectivity index (χ0) is 12.9. The molecule has 1 aromatic heterocycles. The molecular formula is C13H17N5S. The van der Waals surface area contributed by atoms with Gasteiger partial charge in [0, 0.05) is 11.8 Å². The van der Waals surface area contributed by atoms with E-state index in [9.17, 15) is 0 Å². The summed E-state index contributed by atoms with van der Waals surface area (Å²) < 4.78 is 1.80. The van der Waals surface area contributed by atoms with Gasteiger partial charge in [-0.05, 0) is 41.9 Å². The molecule has 1 fully saturated rings. The lowest BCUT2D eigenvalue weighted by atomic mass is 10.1. The maximum absolute atomic E-state index is 4.11. The Morgan fingerprint density at radius 2 is 2.16 bits per heavy atom. The highest BCUT2D eigenvalue weighted by molar-refractivity contribution is 7.99. The van der Waals surface area contributed by atoms with Gasteiger partial charge in [0.1, 0.15) is 0 Å². The molecule has 2 heterocycles. The van der Waals surface area contributed by atoms with E-state index in [2.05, 4.69) is 20.8 Å². The molecular weight excluding hydrogens is 258 g/mol. The van der Waals surface area contributed by atoms with Crippen molar-refractivity contribution in [1.82, 2.24) is 25.5 Å². The minimum Gasteiger partial charge on any atom is -0.313 e. The van der Waals surface area contributed by atoms with Crippen LogP contribution in [0.3, 0.4) is 0 Å². The molecule has 1 N–H and O–H groups in total. The van der Waals surface area contributed by atoms with Crippen LogP contribution < -0.4 is 5.32 Å². The Morgan fingerprint density at radius 3 is 2.95 bits per heavy atom. The quantitative estimate of drug-likeness (QED) is 0.864. The molecule has 0 bridgehead atoms. The fourth-order valence-electron chi connectivity index (χ4n) is 2.24. The van der Waals surface area contributed by atoms with Gasteiger partial charge in [0.05, 0.1) is 5.69 Å². The predicted octanol–water partition coefficient (Wildman–Crippen LogP) is 1.90. The van der Waals surface area contributed by atoms with E-state index in [1.165, 1.54) is 19.3 Å². The average Bonchev–Trinajstić information content (AvgIpc) is 2.95. The number of aromatic nitrogens is 4. The zero-order valence-electron chi connectivity index (χ0n) is 10.7. The first-order chi connectivity index (χ1) is 9.43. The van der Waals surface area contributed by atoms with Crippen molar-refractivity contribution in [3.05, 3.63) is 30.3 Å². The lowest BCUT2D eigenvalue weighted by molar-refractivity contribution is 0.429. The van der Waals surface area contributed by atoms with Crippen LogP contribution in [0.2, 0.25) is 0 Å². The van der Waals surface area contributed by atoms with Gasteiger partial charge in [-0.15, -0.1) is 5.10 Å². The van der Waals surface area contributed by atoms with Gasteiger partial charge >= 0.3 is 0 Å². The van der Waals surface area contributed by atoms with Crippen LogP contribution in [0, 0.1) is 0 Å². The third kappa shape index (κ3) is 3.13. The Kier molecular flexibility index (Phi) is 4.10. The minimum atomic E-state index is 0.583. The number of piperidine rings is 1. The molecule has 1 aliphatic rings. The lowest BCUT2D eigenvalue weighted by Gasteiger charge is -2.22. The smallest absolute Gasteiger partial charge is 0.214 e. The SMILES string of the molecule is c1ccc(-n2nnnc2SC[C@@H]2CCCCN2)cc1. The average molecular weight is 275 g/mol. The first-order valence-corrected chi connectivity index (χ1v) is 7.62. The summed E-state index contributed by atoms with van der Waals surface area (Å²) in [5, 5.41) is 16.4. The van der Waals surface area contributed by atoms with E-state index < -0.39 is 0 Å². The monoisotopic (exact) mass is 275 g/mol. The van der Waals surface area contributed by atoms with Gasteiger partial charge < -0.3 is 5.32 Å². The van der Waals surface area contributed by atoms with E-state index >= 15 is 0 Å². The molecule has 0 amide bonds. The molecule has 1 aromatic carbocycles. The summed E-state index contributed by atoms with van der Waals surface area (Å²) in [5.74, 6) is 1.02. The molecule has 0 spiro atoms. The summed E-state index contributed by atoms with van der Waals surface area (Å²) in [6, 6.07) is 10.6. The number of nitrogens with one attached hydrogen (secondary N) is 1. The van der Waals surface area contributed by atoms with E-state index in [0.29, 0.717) is 6.04 Å². The van der Waals surface area contributed by atoms with Crippen LogP contribution in [0.25, 0.3) is 5.69 Å². The molecule has 3 rings (SSSR count). The maximum atomic E-state index is 4.11. The largest absolute Gasteiger partial charge is 0.313 e. The second-order valence-corrected chi connectivity index (χ2v) is 5.65. The Hall–Kier alpha value is -1.40. The van der Waals surface area contributed by atoms with Crippen molar-refractivity contribution in [3.8, 4) is 5.69 Å². The highest BCUT2D eigenvalue weighted by Crippen LogP contribution is 2.21. The van der Waals surface area contributed by atoms with Crippen molar-refractivity contribution in [2.75, 3.05) is 12.3 Å². The molecule has 2 aromatic rings. The summed E-state index contributed by atoms with van der Waals surface area (Å²) in [6.45, 7) is 1.13. The van der Waals surface area contributed by atoms with Crippen LogP contribution in [0.4, 0.5) is 0 Å². The Labute approximate surface area is 116 Å². The van der Waals surface area contributed by atoms with Crippen LogP contribution in [0.15, 0.2) is 35.5 Å².